The zero-order valence-electron chi connectivity index (χ0n) is 11.4. The number of amides is 1. The van der Waals surface area contributed by atoms with Crippen molar-refractivity contribution in [2.45, 2.75) is 45.1 Å². The minimum absolute atomic E-state index is 0.00889. The predicted octanol–water partition coefficient (Wildman–Crippen LogP) is 1.18. The lowest BCUT2D eigenvalue weighted by Gasteiger charge is -2.30. The Kier molecular flexibility index (Phi) is 6.12. The lowest BCUT2D eigenvalue weighted by molar-refractivity contribution is -0.139. The van der Waals surface area contributed by atoms with Crippen LogP contribution in [0.5, 0.6) is 0 Å². The van der Waals surface area contributed by atoms with E-state index >= 15 is 0 Å². The first-order valence-corrected chi connectivity index (χ1v) is 6.73. The van der Waals surface area contributed by atoms with Crippen molar-refractivity contribution in [2.24, 2.45) is 0 Å². The van der Waals surface area contributed by atoms with Crippen LogP contribution in [0.1, 0.15) is 39.0 Å². The zero-order valence-corrected chi connectivity index (χ0v) is 11.4. The Morgan fingerprint density at radius 1 is 1.22 bits per heavy atom. The van der Waals surface area contributed by atoms with Gasteiger partial charge in [-0.1, -0.05) is 12.8 Å². The van der Waals surface area contributed by atoms with Crippen LogP contribution < -0.4 is 0 Å². The van der Waals surface area contributed by atoms with Crippen molar-refractivity contribution in [3.63, 3.8) is 0 Å². The maximum Gasteiger partial charge on any atom is 0.305 e. The molecular weight excluding hydrogens is 232 g/mol. The van der Waals surface area contributed by atoms with Gasteiger partial charge >= 0.3 is 5.97 Å². The molecule has 0 bridgehead atoms. The van der Waals surface area contributed by atoms with Gasteiger partial charge in [-0.05, 0) is 32.9 Å². The van der Waals surface area contributed by atoms with E-state index in [0.717, 1.165) is 25.9 Å². The second-order valence-corrected chi connectivity index (χ2v) is 5.03. The fourth-order valence-corrected chi connectivity index (χ4v) is 2.33. The van der Waals surface area contributed by atoms with Crippen LogP contribution >= 0.6 is 0 Å². The highest BCUT2D eigenvalue weighted by molar-refractivity contribution is 5.81. The molecule has 1 heterocycles. The fraction of sp³-hybridized carbons (Fsp3) is 0.846. The van der Waals surface area contributed by atoms with E-state index < -0.39 is 5.97 Å². The number of hydrogen-bond donors (Lipinski definition) is 1. The number of hydrogen-bond acceptors (Lipinski definition) is 3. The standard InChI is InChI=1S/C13H24N2O3/c1-11(15-8-5-3-4-6-9-15)13(18)14(2)10-7-12(16)17/h11H,3-10H2,1-2H3,(H,16,17). The maximum absolute atomic E-state index is 12.2. The van der Waals surface area contributed by atoms with Gasteiger partial charge in [0, 0.05) is 13.6 Å². The van der Waals surface area contributed by atoms with Crippen LogP contribution in [-0.2, 0) is 9.59 Å². The minimum Gasteiger partial charge on any atom is -0.481 e. The van der Waals surface area contributed by atoms with Crippen LogP contribution in [0.2, 0.25) is 0 Å². The van der Waals surface area contributed by atoms with Gasteiger partial charge in [-0.25, -0.2) is 0 Å². The molecule has 0 saturated carbocycles. The quantitative estimate of drug-likeness (QED) is 0.802. The van der Waals surface area contributed by atoms with E-state index in [1.54, 1.807) is 7.05 Å². The number of rotatable bonds is 5. The summed E-state index contributed by atoms with van der Waals surface area (Å²) in [6, 6.07) is -0.137. The molecular formula is C13H24N2O3. The summed E-state index contributed by atoms with van der Waals surface area (Å²) in [6.07, 6.45) is 4.79. The van der Waals surface area contributed by atoms with E-state index in [4.69, 9.17) is 5.11 Å². The molecule has 5 heteroatoms. The Morgan fingerprint density at radius 2 is 1.78 bits per heavy atom. The molecule has 0 spiro atoms. The van der Waals surface area contributed by atoms with Gasteiger partial charge in [-0.15, -0.1) is 0 Å². The van der Waals surface area contributed by atoms with Crippen molar-refractivity contribution in [3.8, 4) is 0 Å². The van der Waals surface area contributed by atoms with Gasteiger partial charge < -0.3 is 10.0 Å². The predicted molar refractivity (Wildman–Crippen MR) is 69.4 cm³/mol. The molecule has 1 aliphatic rings. The third-order valence-electron chi connectivity index (χ3n) is 3.58. The van der Waals surface area contributed by atoms with Crippen LogP contribution in [0.15, 0.2) is 0 Å². The van der Waals surface area contributed by atoms with Crippen LogP contribution in [0, 0.1) is 0 Å². The van der Waals surface area contributed by atoms with E-state index in [2.05, 4.69) is 4.90 Å². The van der Waals surface area contributed by atoms with Gasteiger partial charge in [0.1, 0.15) is 0 Å². The molecule has 0 aliphatic carbocycles. The minimum atomic E-state index is -0.864. The van der Waals surface area contributed by atoms with E-state index in [1.165, 1.54) is 17.7 Å². The van der Waals surface area contributed by atoms with Gasteiger partial charge in [-0.2, -0.15) is 0 Å². The van der Waals surface area contributed by atoms with Crippen molar-refractivity contribution >= 4 is 11.9 Å². The summed E-state index contributed by atoms with van der Waals surface area (Å²) >= 11 is 0. The number of carboxylic acids is 1. The Hall–Kier alpha value is -1.10. The topological polar surface area (TPSA) is 60.9 Å². The summed E-state index contributed by atoms with van der Waals surface area (Å²) in [7, 11) is 1.68. The average Bonchev–Trinajstić information content (AvgIpc) is 2.62. The molecule has 5 nitrogen and oxygen atoms in total. The third-order valence-corrected chi connectivity index (χ3v) is 3.58. The molecule has 1 rings (SSSR count). The molecule has 1 unspecified atom stereocenters. The van der Waals surface area contributed by atoms with E-state index in [9.17, 15) is 9.59 Å². The molecule has 1 atom stereocenters. The molecule has 1 N–H and O–H groups in total. The molecule has 0 radical (unpaired) electrons. The zero-order chi connectivity index (χ0) is 13.5. The maximum atomic E-state index is 12.2. The highest BCUT2D eigenvalue weighted by Gasteiger charge is 2.24. The number of likely N-dealkylation sites (N-methyl/N-ethyl adjacent to an activating group) is 1. The number of aliphatic carboxylic acids is 1. The van der Waals surface area contributed by atoms with E-state index in [0.29, 0.717) is 0 Å². The monoisotopic (exact) mass is 256 g/mol. The van der Waals surface area contributed by atoms with E-state index in [-0.39, 0.29) is 24.9 Å². The number of nitrogens with zero attached hydrogens (tertiary/aromatic N) is 2. The number of likely N-dealkylation sites (tertiary alicyclic amines) is 1. The Morgan fingerprint density at radius 3 is 2.28 bits per heavy atom. The van der Waals surface area contributed by atoms with Gasteiger partial charge in [-0.3, -0.25) is 14.5 Å². The van der Waals surface area contributed by atoms with Crippen molar-refractivity contribution < 1.29 is 14.7 Å². The molecule has 1 saturated heterocycles. The smallest absolute Gasteiger partial charge is 0.305 e. The lowest BCUT2D eigenvalue weighted by atomic mass is 10.2. The first kappa shape index (κ1) is 15.0. The first-order valence-electron chi connectivity index (χ1n) is 6.73. The Labute approximate surface area is 109 Å². The molecule has 104 valence electrons. The summed E-state index contributed by atoms with van der Waals surface area (Å²) in [6.45, 7) is 4.15. The van der Waals surface area contributed by atoms with Crippen LogP contribution in [0.4, 0.5) is 0 Å². The SMILES string of the molecule is CC(C(=O)N(C)CCC(=O)O)N1CCCCCC1. The van der Waals surface area contributed by atoms with Crippen LogP contribution in [0.25, 0.3) is 0 Å². The molecule has 0 aromatic heterocycles. The van der Waals surface area contributed by atoms with Crippen LogP contribution in [-0.4, -0.2) is 59.5 Å². The summed E-state index contributed by atoms with van der Waals surface area (Å²) in [5.74, 6) is -0.838. The number of carbonyl (C=O) groups is 2. The van der Waals surface area contributed by atoms with Gasteiger partial charge in [0.2, 0.25) is 5.91 Å². The largest absolute Gasteiger partial charge is 0.481 e. The first-order chi connectivity index (χ1) is 8.52. The normalized spacial score (nSPS) is 19.0. The molecule has 0 aromatic rings. The van der Waals surface area contributed by atoms with Crippen LogP contribution in [0.3, 0.4) is 0 Å². The van der Waals surface area contributed by atoms with Crippen molar-refractivity contribution in [2.75, 3.05) is 26.7 Å². The van der Waals surface area contributed by atoms with Gasteiger partial charge in [0.05, 0.1) is 12.5 Å². The average molecular weight is 256 g/mol. The summed E-state index contributed by atoms with van der Waals surface area (Å²) in [5, 5.41) is 8.62. The fourth-order valence-electron chi connectivity index (χ4n) is 2.33. The summed E-state index contributed by atoms with van der Waals surface area (Å²) in [4.78, 5) is 26.4. The summed E-state index contributed by atoms with van der Waals surface area (Å²) < 4.78 is 0. The lowest BCUT2D eigenvalue weighted by Crippen LogP contribution is -2.46. The number of carboxylic acid groups (broad SMARTS) is 1. The Balaban J connectivity index is 2.45. The highest BCUT2D eigenvalue weighted by Crippen LogP contribution is 2.13. The second kappa shape index (κ2) is 7.36. The molecule has 0 aromatic carbocycles. The molecule has 18 heavy (non-hydrogen) atoms. The second-order valence-electron chi connectivity index (χ2n) is 5.03. The third kappa shape index (κ3) is 4.64. The Bertz CT molecular complexity index is 286. The van der Waals surface area contributed by atoms with Gasteiger partial charge in [0.15, 0.2) is 0 Å². The van der Waals surface area contributed by atoms with Crippen molar-refractivity contribution in [1.29, 1.82) is 0 Å². The molecule has 1 amide bonds. The van der Waals surface area contributed by atoms with E-state index in [1.807, 2.05) is 6.92 Å². The van der Waals surface area contributed by atoms with Crippen molar-refractivity contribution in [3.05, 3.63) is 0 Å². The summed E-state index contributed by atoms with van der Waals surface area (Å²) in [5.41, 5.74) is 0. The highest BCUT2D eigenvalue weighted by atomic mass is 16.4. The number of carbonyl (C=O) groups excluding carboxylic acids is 1. The molecule has 1 fully saturated rings. The molecule has 1 aliphatic heterocycles. The van der Waals surface area contributed by atoms with Gasteiger partial charge in [0.25, 0.3) is 0 Å². The van der Waals surface area contributed by atoms with Crippen molar-refractivity contribution in [1.82, 2.24) is 9.80 Å².